The van der Waals surface area contributed by atoms with Crippen molar-refractivity contribution >= 4 is 33.0 Å². The molecule has 39 heavy (non-hydrogen) atoms. The van der Waals surface area contributed by atoms with Gasteiger partial charge in [0.15, 0.2) is 0 Å². The zero-order valence-corrected chi connectivity index (χ0v) is 24.1. The highest BCUT2D eigenvalue weighted by atomic mass is 32.2. The number of carbonyl (C=O) groups is 2. The van der Waals surface area contributed by atoms with Gasteiger partial charge in [-0.3, -0.25) is 9.59 Å². The Morgan fingerprint density at radius 2 is 1.03 bits per heavy atom. The molecule has 0 aliphatic rings. The third-order valence-corrected chi connectivity index (χ3v) is 7.15. The zero-order valence-electron chi connectivity index (χ0n) is 23.3. The van der Waals surface area contributed by atoms with E-state index in [2.05, 4.69) is 21.3 Å². The average molecular weight is 563 g/mol. The molecule has 0 unspecified atom stereocenters. The van der Waals surface area contributed by atoms with Crippen LogP contribution >= 0.6 is 0 Å². The molecule has 216 valence electrons. The zero-order chi connectivity index (χ0) is 28.7. The monoisotopic (exact) mass is 562 g/mol. The SMILES string of the molecule is CC(C)OCCCNCC(=O)Nc1ccc(S(=O)(=O)c2ccc(NC(=O)CNCCCOC(C)C)cc2)cc1. The van der Waals surface area contributed by atoms with Crippen LogP contribution in [-0.2, 0) is 28.9 Å². The maximum atomic E-state index is 13.0. The van der Waals surface area contributed by atoms with Gasteiger partial charge in [-0.05, 0) is 102 Å². The molecule has 0 fully saturated rings. The molecule has 0 aliphatic carbocycles. The Labute approximate surface area is 232 Å². The lowest BCUT2D eigenvalue weighted by Gasteiger charge is -2.10. The maximum absolute atomic E-state index is 13.0. The summed E-state index contributed by atoms with van der Waals surface area (Å²) in [5, 5.41) is 11.6. The van der Waals surface area contributed by atoms with Crippen LogP contribution in [0.15, 0.2) is 58.3 Å². The molecule has 10 nitrogen and oxygen atoms in total. The van der Waals surface area contributed by atoms with Gasteiger partial charge in [0.05, 0.1) is 35.1 Å². The van der Waals surface area contributed by atoms with E-state index in [1.165, 1.54) is 24.3 Å². The van der Waals surface area contributed by atoms with Gasteiger partial charge in [0.2, 0.25) is 21.7 Å². The molecule has 0 saturated heterocycles. The first kappa shape index (κ1) is 32.4. The van der Waals surface area contributed by atoms with E-state index in [9.17, 15) is 18.0 Å². The fourth-order valence-electron chi connectivity index (χ4n) is 3.42. The van der Waals surface area contributed by atoms with Crippen LogP contribution in [0.25, 0.3) is 0 Å². The Morgan fingerprint density at radius 1 is 0.667 bits per heavy atom. The Balaban J connectivity index is 1.79. The van der Waals surface area contributed by atoms with Gasteiger partial charge in [0.1, 0.15) is 0 Å². The molecule has 2 amide bonds. The van der Waals surface area contributed by atoms with Crippen LogP contribution in [0, 0.1) is 0 Å². The molecule has 0 radical (unpaired) electrons. The van der Waals surface area contributed by atoms with Crippen LogP contribution in [0.3, 0.4) is 0 Å². The van der Waals surface area contributed by atoms with E-state index in [0.29, 0.717) is 37.7 Å². The van der Waals surface area contributed by atoms with Gasteiger partial charge in [-0.1, -0.05) is 0 Å². The number of rotatable bonds is 18. The number of carbonyl (C=O) groups excluding carboxylic acids is 2. The smallest absolute Gasteiger partial charge is 0.238 e. The first-order chi connectivity index (χ1) is 18.6. The summed E-state index contributed by atoms with van der Waals surface area (Å²) in [4.78, 5) is 24.5. The highest BCUT2D eigenvalue weighted by Crippen LogP contribution is 2.23. The van der Waals surface area contributed by atoms with Crippen molar-refractivity contribution in [1.29, 1.82) is 0 Å². The minimum absolute atomic E-state index is 0.103. The van der Waals surface area contributed by atoms with E-state index in [-0.39, 0.29) is 46.9 Å². The summed E-state index contributed by atoms with van der Waals surface area (Å²) >= 11 is 0. The normalized spacial score (nSPS) is 11.6. The molecule has 0 heterocycles. The van der Waals surface area contributed by atoms with Crippen molar-refractivity contribution in [3.63, 3.8) is 0 Å². The number of amides is 2. The molecule has 0 atom stereocenters. The largest absolute Gasteiger partial charge is 0.379 e. The van der Waals surface area contributed by atoms with Gasteiger partial charge in [-0.2, -0.15) is 0 Å². The van der Waals surface area contributed by atoms with Crippen molar-refractivity contribution in [2.24, 2.45) is 0 Å². The molecule has 2 aromatic carbocycles. The van der Waals surface area contributed by atoms with E-state index in [1.807, 2.05) is 27.7 Å². The topological polar surface area (TPSA) is 135 Å². The molecule has 0 saturated carbocycles. The predicted octanol–water partition coefficient (Wildman–Crippen LogP) is 3.21. The molecule has 11 heteroatoms. The minimum Gasteiger partial charge on any atom is -0.379 e. The number of nitrogens with one attached hydrogen (secondary N) is 4. The second-order valence-corrected chi connectivity index (χ2v) is 11.5. The lowest BCUT2D eigenvalue weighted by molar-refractivity contribution is -0.116. The van der Waals surface area contributed by atoms with Gasteiger partial charge < -0.3 is 30.7 Å². The van der Waals surface area contributed by atoms with Gasteiger partial charge in [-0.25, -0.2) is 8.42 Å². The Hall–Kier alpha value is -2.83. The average Bonchev–Trinajstić information content (AvgIpc) is 2.88. The van der Waals surface area contributed by atoms with Crippen LogP contribution < -0.4 is 21.3 Å². The van der Waals surface area contributed by atoms with Crippen molar-refractivity contribution in [2.45, 2.75) is 62.5 Å². The van der Waals surface area contributed by atoms with E-state index in [1.54, 1.807) is 24.3 Å². The van der Waals surface area contributed by atoms with Gasteiger partial charge in [-0.15, -0.1) is 0 Å². The third-order valence-electron chi connectivity index (χ3n) is 5.37. The number of hydrogen-bond donors (Lipinski definition) is 4. The fourth-order valence-corrected chi connectivity index (χ4v) is 4.68. The molecule has 0 aliphatic heterocycles. The quantitative estimate of drug-likeness (QED) is 0.204. The maximum Gasteiger partial charge on any atom is 0.238 e. The molecule has 0 aromatic heterocycles. The third kappa shape index (κ3) is 12.7. The molecule has 2 aromatic rings. The number of anilines is 2. The van der Waals surface area contributed by atoms with Crippen LogP contribution in [-0.4, -0.2) is 71.8 Å². The Morgan fingerprint density at radius 3 is 1.36 bits per heavy atom. The summed E-state index contributed by atoms with van der Waals surface area (Å²) in [5.41, 5.74) is 1.01. The predicted molar refractivity (Wildman–Crippen MR) is 153 cm³/mol. The van der Waals surface area contributed by atoms with Crippen LogP contribution in [0.1, 0.15) is 40.5 Å². The number of hydrogen-bond acceptors (Lipinski definition) is 8. The number of sulfone groups is 1. The summed E-state index contributed by atoms with van der Waals surface area (Å²) < 4.78 is 37.0. The summed E-state index contributed by atoms with van der Waals surface area (Å²) in [7, 11) is -3.76. The van der Waals surface area contributed by atoms with Crippen molar-refractivity contribution in [3.8, 4) is 0 Å². The molecule has 2 rings (SSSR count). The van der Waals surface area contributed by atoms with Crippen molar-refractivity contribution in [1.82, 2.24) is 10.6 Å². The highest BCUT2D eigenvalue weighted by molar-refractivity contribution is 7.91. The van der Waals surface area contributed by atoms with Crippen molar-refractivity contribution in [3.05, 3.63) is 48.5 Å². The van der Waals surface area contributed by atoms with Gasteiger partial charge in [0.25, 0.3) is 0 Å². The second kappa shape index (κ2) is 17.0. The van der Waals surface area contributed by atoms with Crippen LogP contribution in [0.2, 0.25) is 0 Å². The Kier molecular flexibility index (Phi) is 14.1. The summed E-state index contributed by atoms with van der Waals surface area (Å²) in [6, 6.07) is 12.0. The van der Waals surface area contributed by atoms with Crippen LogP contribution in [0.5, 0.6) is 0 Å². The lowest BCUT2D eigenvalue weighted by atomic mass is 10.3. The minimum atomic E-state index is -3.76. The first-order valence-corrected chi connectivity index (χ1v) is 14.8. The highest BCUT2D eigenvalue weighted by Gasteiger charge is 2.18. The summed E-state index contributed by atoms with van der Waals surface area (Å²) in [5.74, 6) is -0.438. The Bertz CT molecular complexity index is 1040. The standard InChI is InChI=1S/C28H42N4O6S/c1-21(2)37-17-5-15-29-19-27(33)31-23-7-11-25(12-8-23)39(35,36)26-13-9-24(10-14-26)32-28(34)20-30-16-6-18-38-22(3)4/h7-14,21-22,29-30H,5-6,15-20H2,1-4H3,(H,31,33)(H,32,34). The second-order valence-electron chi connectivity index (χ2n) is 9.55. The number of benzene rings is 2. The van der Waals surface area contributed by atoms with E-state index in [0.717, 1.165) is 12.8 Å². The number of ether oxygens (including phenoxy) is 2. The van der Waals surface area contributed by atoms with Crippen molar-refractivity contribution < 1.29 is 27.5 Å². The lowest BCUT2D eigenvalue weighted by Crippen LogP contribution is -2.29. The van der Waals surface area contributed by atoms with E-state index in [4.69, 9.17) is 9.47 Å². The van der Waals surface area contributed by atoms with Crippen molar-refractivity contribution in [2.75, 3.05) is 50.0 Å². The van der Waals surface area contributed by atoms with E-state index < -0.39 is 9.84 Å². The molecular weight excluding hydrogens is 520 g/mol. The first-order valence-electron chi connectivity index (χ1n) is 13.3. The van der Waals surface area contributed by atoms with Crippen LogP contribution in [0.4, 0.5) is 11.4 Å². The van der Waals surface area contributed by atoms with E-state index >= 15 is 0 Å². The van der Waals surface area contributed by atoms with Gasteiger partial charge in [0, 0.05) is 24.6 Å². The summed E-state index contributed by atoms with van der Waals surface area (Å²) in [6.07, 6.45) is 1.98. The van der Waals surface area contributed by atoms with Gasteiger partial charge >= 0.3 is 0 Å². The molecule has 0 bridgehead atoms. The fraction of sp³-hybridized carbons (Fsp3) is 0.500. The molecule has 4 N–H and O–H groups in total. The molecular formula is C28H42N4O6S. The summed E-state index contributed by atoms with van der Waals surface area (Å²) in [6.45, 7) is 10.8. The molecule has 0 spiro atoms.